The molecule has 1 saturated carbocycles. The van der Waals surface area contributed by atoms with Crippen LogP contribution in [-0.2, 0) is 0 Å². The Labute approximate surface area is 101 Å². The summed E-state index contributed by atoms with van der Waals surface area (Å²) in [7, 11) is 0. The van der Waals surface area contributed by atoms with E-state index in [9.17, 15) is 5.11 Å². The Morgan fingerprint density at radius 2 is 2.00 bits per heavy atom. The standard InChI is InChI=1S/C14H29NO/c1-12-5-4-6-13(11-12)7-9-15-10-8-14(2,3)16/h12-13,15-16H,4-11H2,1-3H3. The molecule has 1 aliphatic rings. The minimum atomic E-state index is -0.521. The highest BCUT2D eigenvalue weighted by Gasteiger charge is 2.18. The largest absolute Gasteiger partial charge is 0.390 e. The number of aliphatic hydroxyl groups is 1. The van der Waals surface area contributed by atoms with Crippen LogP contribution < -0.4 is 5.32 Å². The third-order valence-electron chi connectivity index (χ3n) is 3.69. The van der Waals surface area contributed by atoms with Crippen LogP contribution in [0.25, 0.3) is 0 Å². The Morgan fingerprint density at radius 3 is 2.62 bits per heavy atom. The smallest absolute Gasteiger partial charge is 0.0603 e. The summed E-state index contributed by atoms with van der Waals surface area (Å²) in [5.74, 6) is 1.88. The minimum Gasteiger partial charge on any atom is -0.390 e. The van der Waals surface area contributed by atoms with Gasteiger partial charge in [0, 0.05) is 0 Å². The molecule has 0 spiro atoms. The van der Waals surface area contributed by atoms with E-state index in [-0.39, 0.29) is 0 Å². The van der Waals surface area contributed by atoms with Gasteiger partial charge in [-0.1, -0.05) is 26.2 Å². The molecule has 0 aliphatic heterocycles. The first-order chi connectivity index (χ1) is 7.47. The molecule has 96 valence electrons. The van der Waals surface area contributed by atoms with Crippen molar-refractivity contribution in [2.75, 3.05) is 13.1 Å². The second-order valence-electron chi connectivity index (χ2n) is 6.24. The van der Waals surface area contributed by atoms with Crippen LogP contribution in [0.4, 0.5) is 0 Å². The van der Waals surface area contributed by atoms with Crippen LogP contribution in [0.2, 0.25) is 0 Å². The van der Waals surface area contributed by atoms with E-state index < -0.39 is 5.60 Å². The lowest BCUT2D eigenvalue weighted by molar-refractivity contribution is 0.0711. The first kappa shape index (κ1) is 14.0. The van der Waals surface area contributed by atoms with Crippen LogP contribution in [0, 0.1) is 11.8 Å². The van der Waals surface area contributed by atoms with Crippen molar-refractivity contribution < 1.29 is 5.11 Å². The molecule has 1 fully saturated rings. The summed E-state index contributed by atoms with van der Waals surface area (Å²) in [6.07, 6.45) is 7.87. The molecule has 0 amide bonds. The lowest BCUT2D eigenvalue weighted by atomic mass is 9.81. The molecule has 1 rings (SSSR count). The van der Waals surface area contributed by atoms with E-state index in [1.165, 1.54) is 32.1 Å². The Balaban J connectivity index is 1.98. The van der Waals surface area contributed by atoms with Gasteiger partial charge < -0.3 is 10.4 Å². The molecule has 2 heteroatoms. The Bertz CT molecular complexity index is 186. The normalized spacial score (nSPS) is 27.0. The Hall–Kier alpha value is -0.0800. The van der Waals surface area contributed by atoms with Gasteiger partial charge in [0.1, 0.15) is 0 Å². The molecule has 0 aromatic heterocycles. The van der Waals surface area contributed by atoms with Gasteiger partial charge in [-0.2, -0.15) is 0 Å². The average molecular weight is 227 g/mol. The first-order valence-corrected chi connectivity index (χ1v) is 6.90. The third-order valence-corrected chi connectivity index (χ3v) is 3.69. The highest BCUT2D eigenvalue weighted by molar-refractivity contribution is 4.72. The summed E-state index contributed by atoms with van der Waals surface area (Å²) < 4.78 is 0. The summed E-state index contributed by atoms with van der Waals surface area (Å²) in [5.41, 5.74) is -0.521. The highest BCUT2D eigenvalue weighted by Crippen LogP contribution is 2.30. The maximum absolute atomic E-state index is 9.56. The number of nitrogens with one attached hydrogen (secondary N) is 1. The number of hydrogen-bond donors (Lipinski definition) is 2. The zero-order chi connectivity index (χ0) is 12.0. The van der Waals surface area contributed by atoms with E-state index in [0.717, 1.165) is 31.3 Å². The van der Waals surface area contributed by atoms with E-state index in [2.05, 4.69) is 12.2 Å². The lowest BCUT2D eigenvalue weighted by Crippen LogP contribution is -2.28. The zero-order valence-corrected chi connectivity index (χ0v) is 11.3. The van der Waals surface area contributed by atoms with E-state index in [1.54, 1.807) is 0 Å². The minimum absolute atomic E-state index is 0.521. The summed E-state index contributed by atoms with van der Waals surface area (Å²) in [4.78, 5) is 0. The lowest BCUT2D eigenvalue weighted by Gasteiger charge is -2.26. The molecule has 2 atom stereocenters. The van der Waals surface area contributed by atoms with Crippen molar-refractivity contribution in [3.8, 4) is 0 Å². The fourth-order valence-corrected chi connectivity index (χ4v) is 2.65. The Kier molecular flexibility index (Phi) is 5.77. The number of rotatable bonds is 6. The third kappa shape index (κ3) is 6.49. The summed E-state index contributed by atoms with van der Waals surface area (Å²) in [5, 5.41) is 13.0. The van der Waals surface area contributed by atoms with Crippen LogP contribution in [0.5, 0.6) is 0 Å². The molecule has 2 unspecified atom stereocenters. The molecule has 0 aromatic rings. The van der Waals surface area contributed by atoms with Crippen molar-refractivity contribution in [1.29, 1.82) is 0 Å². The van der Waals surface area contributed by atoms with E-state index in [1.807, 2.05) is 13.8 Å². The molecule has 0 heterocycles. The highest BCUT2D eigenvalue weighted by atomic mass is 16.3. The quantitative estimate of drug-likeness (QED) is 0.684. The SMILES string of the molecule is CC1CCCC(CCNCCC(C)(C)O)C1. The van der Waals surface area contributed by atoms with Crippen LogP contribution in [0.15, 0.2) is 0 Å². The summed E-state index contributed by atoms with van der Waals surface area (Å²) >= 11 is 0. The van der Waals surface area contributed by atoms with E-state index in [0.29, 0.717) is 0 Å². The van der Waals surface area contributed by atoms with Gasteiger partial charge in [-0.25, -0.2) is 0 Å². The van der Waals surface area contributed by atoms with Crippen molar-refractivity contribution in [2.45, 2.75) is 64.9 Å². The average Bonchev–Trinajstić information content (AvgIpc) is 2.15. The predicted molar refractivity (Wildman–Crippen MR) is 69.5 cm³/mol. The maximum atomic E-state index is 9.56. The molecular weight excluding hydrogens is 198 g/mol. The summed E-state index contributed by atoms with van der Waals surface area (Å²) in [6, 6.07) is 0. The van der Waals surface area contributed by atoms with Gasteiger partial charge in [0.25, 0.3) is 0 Å². The topological polar surface area (TPSA) is 32.3 Å². The monoisotopic (exact) mass is 227 g/mol. The van der Waals surface area contributed by atoms with Gasteiger partial charge in [0.2, 0.25) is 0 Å². The Morgan fingerprint density at radius 1 is 1.25 bits per heavy atom. The van der Waals surface area contributed by atoms with Crippen LogP contribution in [0.1, 0.15) is 59.3 Å². The van der Waals surface area contributed by atoms with Gasteiger partial charge in [0.05, 0.1) is 5.60 Å². The fourth-order valence-electron chi connectivity index (χ4n) is 2.65. The van der Waals surface area contributed by atoms with Gasteiger partial charge in [-0.3, -0.25) is 0 Å². The second-order valence-corrected chi connectivity index (χ2v) is 6.24. The molecule has 1 aliphatic carbocycles. The first-order valence-electron chi connectivity index (χ1n) is 6.90. The summed E-state index contributed by atoms with van der Waals surface area (Å²) in [6.45, 7) is 8.18. The van der Waals surface area contributed by atoms with Crippen LogP contribution in [0.3, 0.4) is 0 Å². The van der Waals surface area contributed by atoms with Crippen LogP contribution in [-0.4, -0.2) is 23.8 Å². The zero-order valence-electron chi connectivity index (χ0n) is 11.3. The molecule has 0 aromatic carbocycles. The molecule has 16 heavy (non-hydrogen) atoms. The number of hydrogen-bond acceptors (Lipinski definition) is 2. The second kappa shape index (κ2) is 6.61. The molecule has 2 nitrogen and oxygen atoms in total. The molecule has 0 saturated heterocycles. The van der Waals surface area contributed by atoms with Crippen molar-refractivity contribution in [2.24, 2.45) is 11.8 Å². The van der Waals surface area contributed by atoms with Crippen molar-refractivity contribution in [3.63, 3.8) is 0 Å². The molecule has 2 N–H and O–H groups in total. The van der Waals surface area contributed by atoms with Gasteiger partial charge in [-0.15, -0.1) is 0 Å². The van der Waals surface area contributed by atoms with Crippen molar-refractivity contribution in [3.05, 3.63) is 0 Å². The van der Waals surface area contributed by atoms with Crippen molar-refractivity contribution in [1.82, 2.24) is 5.32 Å². The maximum Gasteiger partial charge on any atom is 0.0603 e. The predicted octanol–water partition coefficient (Wildman–Crippen LogP) is 2.95. The van der Waals surface area contributed by atoms with Gasteiger partial charge >= 0.3 is 0 Å². The van der Waals surface area contributed by atoms with Gasteiger partial charge in [-0.05, 0) is 58.0 Å². The van der Waals surface area contributed by atoms with Crippen molar-refractivity contribution >= 4 is 0 Å². The van der Waals surface area contributed by atoms with E-state index in [4.69, 9.17) is 0 Å². The fraction of sp³-hybridized carbons (Fsp3) is 1.00. The molecule has 0 radical (unpaired) electrons. The van der Waals surface area contributed by atoms with E-state index >= 15 is 0 Å². The molecular formula is C14H29NO. The van der Waals surface area contributed by atoms with Crippen LogP contribution >= 0.6 is 0 Å². The molecule has 0 bridgehead atoms. The van der Waals surface area contributed by atoms with Gasteiger partial charge in [0.15, 0.2) is 0 Å².